The summed E-state index contributed by atoms with van der Waals surface area (Å²) in [4.78, 5) is 15.6. The molecule has 132 valence electrons. The molecule has 0 atom stereocenters. The number of benzene rings is 1. The number of fused-ring (bicyclic) bond motifs is 1. The van der Waals surface area contributed by atoms with E-state index >= 15 is 0 Å². The van der Waals surface area contributed by atoms with Crippen molar-refractivity contribution in [2.75, 3.05) is 18.4 Å². The molecule has 0 saturated carbocycles. The molecule has 0 spiro atoms. The number of quaternary nitrogens is 1. The van der Waals surface area contributed by atoms with Crippen LogP contribution >= 0.6 is 11.3 Å². The van der Waals surface area contributed by atoms with Crippen LogP contribution in [-0.2, 0) is 19.4 Å². The highest BCUT2D eigenvalue weighted by molar-refractivity contribution is 7.16. The largest absolute Gasteiger partial charge is 0.331 e. The third kappa shape index (κ3) is 3.48. The zero-order chi connectivity index (χ0) is 17.2. The number of thiophene rings is 1. The first-order chi connectivity index (χ1) is 12.2. The van der Waals surface area contributed by atoms with Gasteiger partial charge in [-0.2, -0.15) is 0 Å². The van der Waals surface area contributed by atoms with Crippen molar-refractivity contribution in [3.05, 3.63) is 51.7 Å². The van der Waals surface area contributed by atoms with E-state index in [2.05, 4.69) is 5.32 Å². The van der Waals surface area contributed by atoms with Crippen molar-refractivity contribution in [2.45, 2.75) is 45.1 Å². The molecule has 0 bridgehead atoms. The van der Waals surface area contributed by atoms with Crippen molar-refractivity contribution >= 4 is 22.2 Å². The third-order valence-electron chi connectivity index (χ3n) is 5.36. The number of carbonyl (C=O) groups is 1. The zero-order valence-corrected chi connectivity index (χ0v) is 15.2. The van der Waals surface area contributed by atoms with Gasteiger partial charge in [0.15, 0.2) is 0 Å². The van der Waals surface area contributed by atoms with Crippen LogP contribution in [0.4, 0.5) is 9.39 Å². The average molecular weight is 359 g/mol. The number of halogens is 1. The topological polar surface area (TPSA) is 33.5 Å². The lowest BCUT2D eigenvalue weighted by Crippen LogP contribution is -3.11. The Morgan fingerprint density at radius 1 is 1.12 bits per heavy atom. The quantitative estimate of drug-likeness (QED) is 0.864. The number of likely N-dealkylation sites (tertiary alicyclic amines) is 1. The number of piperidine rings is 1. The number of nitrogens with one attached hydrogen (secondary N) is 2. The molecular formula is C20H24FN2OS+. The second-order valence-electron chi connectivity index (χ2n) is 7.09. The smallest absolute Gasteiger partial charge is 0.259 e. The van der Waals surface area contributed by atoms with Gasteiger partial charge in [0.1, 0.15) is 17.4 Å². The Kier molecular flexibility index (Phi) is 4.86. The van der Waals surface area contributed by atoms with Crippen molar-refractivity contribution in [1.82, 2.24) is 0 Å². The van der Waals surface area contributed by atoms with Gasteiger partial charge in [0, 0.05) is 10.4 Å². The predicted molar refractivity (Wildman–Crippen MR) is 98.9 cm³/mol. The lowest BCUT2D eigenvalue weighted by atomic mass is 10.1. The molecule has 1 amide bonds. The van der Waals surface area contributed by atoms with Crippen molar-refractivity contribution in [3.8, 4) is 0 Å². The summed E-state index contributed by atoms with van der Waals surface area (Å²) in [5.74, 6) is -0.805. The van der Waals surface area contributed by atoms with Crippen LogP contribution in [-0.4, -0.2) is 19.0 Å². The second-order valence-corrected chi connectivity index (χ2v) is 8.19. The maximum absolute atomic E-state index is 13.9. The first-order valence-corrected chi connectivity index (χ1v) is 10.1. The number of hydrogen-bond acceptors (Lipinski definition) is 2. The number of hydrogen-bond donors (Lipinski definition) is 2. The van der Waals surface area contributed by atoms with Crippen molar-refractivity contribution in [2.24, 2.45) is 0 Å². The van der Waals surface area contributed by atoms with Crippen molar-refractivity contribution in [3.63, 3.8) is 0 Å². The zero-order valence-electron chi connectivity index (χ0n) is 14.4. The maximum Gasteiger partial charge on any atom is 0.259 e. The van der Waals surface area contributed by atoms with Gasteiger partial charge in [-0.05, 0) is 56.2 Å². The van der Waals surface area contributed by atoms with Crippen LogP contribution in [0.1, 0.15) is 52.0 Å². The molecular weight excluding hydrogens is 335 g/mol. The Hall–Kier alpha value is -1.72. The maximum atomic E-state index is 13.9. The SMILES string of the molecule is O=C(Nc1sc2c(c1C[NH+]1CCCCC1)CCC2)c1ccccc1F. The Labute approximate surface area is 151 Å². The van der Waals surface area contributed by atoms with Gasteiger partial charge in [-0.15, -0.1) is 11.3 Å². The van der Waals surface area contributed by atoms with Gasteiger partial charge in [0.05, 0.1) is 18.7 Å². The van der Waals surface area contributed by atoms with Gasteiger partial charge in [-0.25, -0.2) is 4.39 Å². The molecule has 2 aliphatic rings. The first-order valence-electron chi connectivity index (χ1n) is 9.25. The molecule has 5 heteroatoms. The Bertz CT molecular complexity index is 780. The molecule has 2 aromatic rings. The molecule has 25 heavy (non-hydrogen) atoms. The number of carbonyl (C=O) groups excluding carboxylic acids is 1. The summed E-state index contributed by atoms with van der Waals surface area (Å²) < 4.78 is 13.9. The molecule has 1 aliphatic carbocycles. The fourth-order valence-electron chi connectivity index (χ4n) is 4.05. The number of amides is 1. The van der Waals surface area contributed by atoms with Gasteiger partial charge in [0.2, 0.25) is 0 Å². The lowest BCUT2D eigenvalue weighted by molar-refractivity contribution is -0.918. The standard InChI is InChI=1S/C20H23FN2OS/c21-17-9-3-2-7-15(17)19(24)22-20-16(13-23-11-4-1-5-12-23)14-8-6-10-18(14)25-20/h2-3,7,9H,1,4-6,8,10-13H2,(H,22,24)/p+1. The van der Waals surface area contributed by atoms with E-state index in [1.54, 1.807) is 34.4 Å². The number of anilines is 1. The summed E-state index contributed by atoms with van der Waals surface area (Å²) in [6.45, 7) is 3.41. The van der Waals surface area contributed by atoms with E-state index < -0.39 is 5.82 Å². The molecule has 1 aromatic carbocycles. The molecule has 2 N–H and O–H groups in total. The fraction of sp³-hybridized carbons (Fsp3) is 0.450. The monoisotopic (exact) mass is 359 g/mol. The minimum Gasteiger partial charge on any atom is -0.331 e. The van der Waals surface area contributed by atoms with E-state index in [-0.39, 0.29) is 11.5 Å². The van der Waals surface area contributed by atoms with E-state index in [4.69, 9.17) is 0 Å². The summed E-state index contributed by atoms with van der Waals surface area (Å²) >= 11 is 1.70. The van der Waals surface area contributed by atoms with E-state index in [9.17, 15) is 9.18 Å². The average Bonchev–Trinajstić information content (AvgIpc) is 3.19. The highest BCUT2D eigenvalue weighted by Gasteiger charge is 2.27. The van der Waals surface area contributed by atoms with Crippen LogP contribution in [0.5, 0.6) is 0 Å². The molecule has 1 aromatic heterocycles. The van der Waals surface area contributed by atoms with E-state index in [1.807, 2.05) is 0 Å². The number of rotatable bonds is 4. The predicted octanol–water partition coefficient (Wildman–Crippen LogP) is 3.20. The molecule has 1 aliphatic heterocycles. The first kappa shape index (κ1) is 16.7. The summed E-state index contributed by atoms with van der Waals surface area (Å²) in [5, 5.41) is 3.95. The normalized spacial score (nSPS) is 17.5. The fourth-order valence-corrected chi connectivity index (χ4v) is 5.36. The Balaban J connectivity index is 1.58. The highest BCUT2D eigenvalue weighted by Crippen LogP contribution is 2.39. The molecule has 4 rings (SSSR count). The molecule has 3 nitrogen and oxygen atoms in total. The second kappa shape index (κ2) is 7.26. The summed E-state index contributed by atoms with van der Waals surface area (Å²) in [6.07, 6.45) is 7.35. The third-order valence-corrected chi connectivity index (χ3v) is 6.61. The van der Waals surface area contributed by atoms with Crippen LogP contribution in [0.2, 0.25) is 0 Å². The summed E-state index contributed by atoms with van der Waals surface area (Å²) in [5.41, 5.74) is 2.87. The van der Waals surface area contributed by atoms with Crippen LogP contribution in [0.3, 0.4) is 0 Å². The van der Waals surface area contributed by atoms with Gasteiger partial charge in [0.25, 0.3) is 5.91 Å². The Morgan fingerprint density at radius 3 is 2.72 bits per heavy atom. The van der Waals surface area contributed by atoms with Crippen LogP contribution < -0.4 is 10.2 Å². The van der Waals surface area contributed by atoms with E-state index in [0.29, 0.717) is 0 Å². The van der Waals surface area contributed by atoms with Gasteiger partial charge in [-0.1, -0.05) is 12.1 Å². The Morgan fingerprint density at radius 2 is 1.92 bits per heavy atom. The van der Waals surface area contributed by atoms with Crippen LogP contribution in [0, 0.1) is 5.82 Å². The minimum absolute atomic E-state index is 0.118. The lowest BCUT2D eigenvalue weighted by Gasteiger charge is -2.24. The van der Waals surface area contributed by atoms with Crippen LogP contribution in [0.15, 0.2) is 24.3 Å². The molecule has 2 heterocycles. The van der Waals surface area contributed by atoms with Gasteiger partial charge >= 0.3 is 0 Å². The van der Waals surface area contributed by atoms with E-state index in [0.717, 1.165) is 24.4 Å². The molecule has 1 fully saturated rings. The van der Waals surface area contributed by atoms with Crippen molar-refractivity contribution in [1.29, 1.82) is 0 Å². The summed E-state index contributed by atoms with van der Waals surface area (Å²) in [6, 6.07) is 6.19. The van der Waals surface area contributed by atoms with Gasteiger partial charge in [-0.3, -0.25) is 4.79 Å². The van der Waals surface area contributed by atoms with Gasteiger partial charge < -0.3 is 10.2 Å². The highest BCUT2D eigenvalue weighted by atomic mass is 32.1. The van der Waals surface area contributed by atoms with Crippen molar-refractivity contribution < 1.29 is 14.1 Å². The van der Waals surface area contributed by atoms with Crippen LogP contribution in [0.25, 0.3) is 0 Å². The molecule has 0 unspecified atom stereocenters. The molecule has 0 radical (unpaired) electrons. The minimum atomic E-state index is -0.465. The van der Waals surface area contributed by atoms with E-state index in [1.165, 1.54) is 60.8 Å². The molecule has 1 saturated heterocycles. The summed E-state index contributed by atoms with van der Waals surface area (Å²) in [7, 11) is 0. The number of aryl methyl sites for hydroxylation is 1.